The van der Waals surface area contributed by atoms with E-state index in [2.05, 4.69) is 0 Å². The van der Waals surface area contributed by atoms with Crippen molar-refractivity contribution in [2.45, 2.75) is 47.3 Å². The number of halogens is 2. The van der Waals surface area contributed by atoms with Crippen molar-refractivity contribution in [3.05, 3.63) is 93.8 Å². The molecule has 0 radical (unpaired) electrons. The Kier molecular flexibility index (Phi) is 9.05. The highest BCUT2D eigenvalue weighted by Gasteiger charge is 2.26. The quantitative estimate of drug-likeness (QED) is 0.172. The Bertz CT molecular complexity index is 1320. The van der Waals surface area contributed by atoms with E-state index in [9.17, 15) is 18.8 Å². The predicted molar refractivity (Wildman–Crippen MR) is 141 cm³/mol. The number of nitrogens with zero attached hydrogens (tertiary/aromatic N) is 1. The van der Waals surface area contributed by atoms with Crippen LogP contribution in [-0.2, 0) is 14.3 Å². The van der Waals surface area contributed by atoms with E-state index < -0.39 is 24.2 Å². The van der Waals surface area contributed by atoms with Gasteiger partial charge in [0, 0.05) is 24.5 Å². The number of carbonyl (C=O) groups excluding carboxylic acids is 3. The van der Waals surface area contributed by atoms with Crippen molar-refractivity contribution in [2.75, 3.05) is 4.90 Å². The van der Waals surface area contributed by atoms with E-state index in [4.69, 9.17) is 21.1 Å². The second-order valence-electron chi connectivity index (χ2n) is 9.11. The van der Waals surface area contributed by atoms with Crippen LogP contribution in [0.15, 0.2) is 60.7 Å². The molecule has 3 aromatic carbocycles. The van der Waals surface area contributed by atoms with Crippen LogP contribution in [0, 0.1) is 25.6 Å². The van der Waals surface area contributed by atoms with Crippen molar-refractivity contribution in [1.82, 2.24) is 0 Å². The Labute approximate surface area is 221 Å². The van der Waals surface area contributed by atoms with Crippen LogP contribution in [-0.4, -0.2) is 24.1 Å². The average molecular weight is 526 g/mol. The van der Waals surface area contributed by atoms with Crippen LogP contribution in [0.25, 0.3) is 0 Å². The summed E-state index contributed by atoms with van der Waals surface area (Å²) in [6, 6.07) is 15.6. The zero-order valence-electron chi connectivity index (χ0n) is 21.4. The smallest absolute Gasteiger partial charge is 0.422 e. The van der Waals surface area contributed by atoms with Gasteiger partial charge in [-0.3, -0.25) is 9.59 Å². The lowest BCUT2D eigenvalue weighted by Gasteiger charge is -2.26. The van der Waals surface area contributed by atoms with Gasteiger partial charge in [0.2, 0.25) is 6.29 Å². The SMILES string of the molecule is Cc1ccccc1C(=O)c1ccc(N(C(=O)OC(C)OC(=O)CC(C)C)c2ccc(F)cc2C)cc1Cl. The minimum absolute atomic E-state index is 0.0804. The Balaban J connectivity index is 1.96. The van der Waals surface area contributed by atoms with E-state index in [1.807, 2.05) is 32.9 Å². The third kappa shape index (κ3) is 6.95. The van der Waals surface area contributed by atoms with Gasteiger partial charge in [-0.1, -0.05) is 49.7 Å². The maximum Gasteiger partial charge on any atom is 0.422 e. The summed E-state index contributed by atoms with van der Waals surface area (Å²) in [4.78, 5) is 39.6. The van der Waals surface area contributed by atoms with Crippen LogP contribution in [0.4, 0.5) is 20.6 Å². The van der Waals surface area contributed by atoms with E-state index in [0.717, 1.165) is 5.56 Å². The number of ether oxygens (including phenoxy) is 2. The first-order valence-electron chi connectivity index (χ1n) is 11.8. The fourth-order valence-corrected chi connectivity index (χ4v) is 4.06. The minimum atomic E-state index is -1.17. The van der Waals surface area contributed by atoms with Crippen molar-refractivity contribution >= 4 is 40.8 Å². The summed E-state index contributed by atoms with van der Waals surface area (Å²) >= 11 is 6.52. The van der Waals surface area contributed by atoms with Gasteiger partial charge in [-0.15, -0.1) is 0 Å². The van der Waals surface area contributed by atoms with Gasteiger partial charge in [0.1, 0.15) is 5.82 Å². The molecule has 0 spiro atoms. The fourth-order valence-electron chi connectivity index (χ4n) is 3.80. The molecule has 6 nitrogen and oxygen atoms in total. The molecule has 1 unspecified atom stereocenters. The fraction of sp³-hybridized carbons (Fsp3) is 0.276. The summed E-state index contributed by atoms with van der Waals surface area (Å²) in [7, 11) is 0. The van der Waals surface area contributed by atoms with Gasteiger partial charge in [0.25, 0.3) is 0 Å². The normalized spacial score (nSPS) is 11.7. The van der Waals surface area contributed by atoms with Crippen molar-refractivity contribution in [3.8, 4) is 0 Å². The molecule has 0 aromatic heterocycles. The van der Waals surface area contributed by atoms with Crippen molar-refractivity contribution in [3.63, 3.8) is 0 Å². The molecule has 0 aliphatic rings. The number of amides is 1. The van der Waals surface area contributed by atoms with E-state index in [-0.39, 0.29) is 34.4 Å². The van der Waals surface area contributed by atoms with Gasteiger partial charge in [0.15, 0.2) is 5.78 Å². The summed E-state index contributed by atoms with van der Waals surface area (Å²) in [5.74, 6) is -1.14. The number of benzene rings is 3. The van der Waals surface area contributed by atoms with Crippen LogP contribution in [0.5, 0.6) is 0 Å². The Morgan fingerprint density at radius 2 is 1.59 bits per heavy atom. The van der Waals surface area contributed by atoms with Gasteiger partial charge in [-0.05, 0) is 67.3 Å². The molecule has 1 amide bonds. The van der Waals surface area contributed by atoms with Gasteiger partial charge < -0.3 is 9.47 Å². The molecule has 0 N–H and O–H groups in total. The largest absolute Gasteiger partial charge is 0.425 e. The van der Waals surface area contributed by atoms with Gasteiger partial charge in [0.05, 0.1) is 16.4 Å². The molecule has 1 atom stereocenters. The highest BCUT2D eigenvalue weighted by atomic mass is 35.5. The number of rotatable bonds is 8. The molecule has 0 heterocycles. The Morgan fingerprint density at radius 3 is 2.22 bits per heavy atom. The number of hydrogen-bond donors (Lipinski definition) is 0. The molecule has 3 rings (SSSR count). The molecule has 0 fully saturated rings. The Hall–Kier alpha value is -3.71. The molecule has 0 aliphatic carbocycles. The van der Waals surface area contributed by atoms with E-state index in [1.54, 1.807) is 25.1 Å². The summed E-state index contributed by atoms with van der Waals surface area (Å²) < 4.78 is 24.4. The van der Waals surface area contributed by atoms with Gasteiger partial charge >= 0.3 is 12.1 Å². The highest BCUT2D eigenvalue weighted by molar-refractivity contribution is 6.35. The molecule has 0 saturated heterocycles. The number of ketones is 1. The molecule has 0 saturated carbocycles. The zero-order chi connectivity index (χ0) is 27.3. The second kappa shape index (κ2) is 12.0. The van der Waals surface area contributed by atoms with E-state index in [0.29, 0.717) is 16.8 Å². The van der Waals surface area contributed by atoms with Gasteiger partial charge in [-0.25, -0.2) is 14.1 Å². The molecular formula is C29H29ClFNO5. The topological polar surface area (TPSA) is 72.9 Å². The van der Waals surface area contributed by atoms with Crippen LogP contribution >= 0.6 is 11.6 Å². The van der Waals surface area contributed by atoms with E-state index in [1.165, 1.54) is 42.2 Å². The lowest BCUT2D eigenvalue weighted by molar-refractivity contribution is -0.165. The maximum absolute atomic E-state index is 13.8. The van der Waals surface area contributed by atoms with E-state index >= 15 is 0 Å². The number of hydrogen-bond acceptors (Lipinski definition) is 5. The summed E-state index contributed by atoms with van der Waals surface area (Å²) in [5.41, 5.74) is 2.66. The zero-order valence-corrected chi connectivity index (χ0v) is 22.1. The van der Waals surface area contributed by atoms with Crippen molar-refractivity contribution < 1.29 is 28.2 Å². The van der Waals surface area contributed by atoms with Crippen molar-refractivity contribution in [1.29, 1.82) is 0 Å². The molecule has 194 valence electrons. The number of carbonyl (C=O) groups is 3. The summed E-state index contributed by atoms with van der Waals surface area (Å²) in [6.07, 6.45) is -1.86. The second-order valence-corrected chi connectivity index (χ2v) is 9.52. The lowest BCUT2D eigenvalue weighted by Crippen LogP contribution is -2.32. The standard InChI is InChI=1S/C29H29ClFNO5/c1-17(2)14-27(33)36-20(5)37-29(35)32(26-13-10-21(31)15-19(26)4)22-11-12-24(25(30)16-22)28(34)23-9-7-6-8-18(23)3/h6-13,15-17,20H,14H2,1-5H3. The first-order chi connectivity index (χ1) is 17.5. The first-order valence-corrected chi connectivity index (χ1v) is 12.2. The number of esters is 1. The summed E-state index contributed by atoms with van der Waals surface area (Å²) in [6.45, 7) is 8.65. The van der Waals surface area contributed by atoms with Crippen molar-refractivity contribution in [2.24, 2.45) is 5.92 Å². The molecule has 0 aliphatic heterocycles. The van der Waals surface area contributed by atoms with Crippen LogP contribution in [0.1, 0.15) is 54.2 Å². The molecule has 0 bridgehead atoms. The average Bonchev–Trinajstić information content (AvgIpc) is 2.80. The van der Waals surface area contributed by atoms with Gasteiger partial charge in [-0.2, -0.15) is 0 Å². The third-order valence-electron chi connectivity index (χ3n) is 5.57. The summed E-state index contributed by atoms with van der Waals surface area (Å²) in [5, 5.41) is 0.125. The molecule has 37 heavy (non-hydrogen) atoms. The highest BCUT2D eigenvalue weighted by Crippen LogP contribution is 2.34. The lowest BCUT2D eigenvalue weighted by atomic mass is 9.99. The number of anilines is 2. The molecule has 3 aromatic rings. The first kappa shape index (κ1) is 27.9. The number of aryl methyl sites for hydroxylation is 2. The maximum atomic E-state index is 13.8. The molecule has 8 heteroatoms. The van der Waals surface area contributed by atoms with Crippen LogP contribution in [0.3, 0.4) is 0 Å². The predicted octanol–water partition coefficient (Wildman–Crippen LogP) is 7.54. The Morgan fingerprint density at radius 1 is 0.892 bits per heavy atom. The minimum Gasteiger partial charge on any atom is -0.425 e. The van der Waals surface area contributed by atoms with Crippen LogP contribution in [0.2, 0.25) is 5.02 Å². The monoisotopic (exact) mass is 525 g/mol. The third-order valence-corrected chi connectivity index (χ3v) is 5.88. The van der Waals surface area contributed by atoms with Crippen LogP contribution < -0.4 is 4.90 Å². The molecular weight excluding hydrogens is 497 g/mol.